The lowest BCUT2D eigenvalue weighted by Gasteiger charge is -2.16. The number of hydrogen-bond acceptors (Lipinski definition) is 7. The maximum Gasteiger partial charge on any atom is 0.257 e. The molecule has 0 radical (unpaired) electrons. The highest BCUT2D eigenvalue weighted by molar-refractivity contribution is 7.89. The van der Waals surface area contributed by atoms with Crippen LogP contribution in [0.25, 0.3) is 5.57 Å². The van der Waals surface area contributed by atoms with Crippen LogP contribution in [0.5, 0.6) is 0 Å². The molecule has 2 aliphatic rings. The summed E-state index contributed by atoms with van der Waals surface area (Å²) in [6, 6.07) is 6.43. The lowest BCUT2D eigenvalue weighted by atomic mass is 9.98. The first-order valence-electron chi connectivity index (χ1n) is 11.6. The number of amides is 1. The van der Waals surface area contributed by atoms with Gasteiger partial charge in [0.2, 0.25) is 10.0 Å². The molecule has 2 aromatic rings. The van der Waals surface area contributed by atoms with Gasteiger partial charge in [-0.1, -0.05) is 38.0 Å². The summed E-state index contributed by atoms with van der Waals surface area (Å²) in [6.07, 6.45) is 6.12. The van der Waals surface area contributed by atoms with E-state index in [2.05, 4.69) is 15.0 Å². The highest BCUT2D eigenvalue weighted by atomic mass is 32.2. The number of carbonyl (C=O) groups excluding carboxylic acids is 1. The molecule has 1 unspecified atom stereocenters. The number of benzene rings is 1. The van der Waals surface area contributed by atoms with E-state index in [-0.39, 0.29) is 16.9 Å². The van der Waals surface area contributed by atoms with Gasteiger partial charge in [0.25, 0.3) is 5.91 Å². The van der Waals surface area contributed by atoms with Crippen LogP contribution < -0.4 is 10.0 Å². The fourth-order valence-corrected chi connectivity index (χ4v) is 6.03. The third-order valence-corrected chi connectivity index (χ3v) is 8.27. The molecule has 8 nitrogen and oxygen atoms in total. The molecule has 1 aliphatic carbocycles. The van der Waals surface area contributed by atoms with Gasteiger partial charge in [-0.15, -0.1) is 11.3 Å². The molecule has 0 spiro atoms. The van der Waals surface area contributed by atoms with Crippen LogP contribution in [0, 0.1) is 5.92 Å². The number of nitrogens with zero attached hydrogens (tertiary/aromatic N) is 1. The topological polar surface area (TPSA) is 107 Å². The Morgan fingerprint density at radius 3 is 2.56 bits per heavy atom. The minimum Gasteiger partial charge on any atom is -0.347 e. The summed E-state index contributed by atoms with van der Waals surface area (Å²) in [6.45, 7) is 6.17. The van der Waals surface area contributed by atoms with Crippen molar-refractivity contribution < 1.29 is 22.7 Å². The molecule has 1 atom stereocenters. The summed E-state index contributed by atoms with van der Waals surface area (Å²) in [5.74, 6) is -0.593. The third-order valence-electron chi connectivity index (χ3n) is 5.94. The first kappa shape index (κ1) is 25.0. The van der Waals surface area contributed by atoms with E-state index in [9.17, 15) is 13.2 Å². The van der Waals surface area contributed by atoms with E-state index < -0.39 is 15.8 Å². The van der Waals surface area contributed by atoms with Crippen LogP contribution in [0.4, 0.5) is 5.13 Å². The highest BCUT2D eigenvalue weighted by Crippen LogP contribution is 2.35. The van der Waals surface area contributed by atoms with Gasteiger partial charge in [-0.3, -0.25) is 10.1 Å². The Labute approximate surface area is 204 Å². The molecular formula is C24H31N3O5S2. The lowest BCUT2D eigenvalue weighted by Crippen LogP contribution is -2.23. The van der Waals surface area contributed by atoms with Crippen LogP contribution in [0.2, 0.25) is 0 Å². The summed E-state index contributed by atoms with van der Waals surface area (Å²) in [4.78, 5) is 18.0. The van der Waals surface area contributed by atoms with Crippen LogP contribution in [-0.4, -0.2) is 38.2 Å². The van der Waals surface area contributed by atoms with Gasteiger partial charge >= 0.3 is 0 Å². The van der Waals surface area contributed by atoms with Gasteiger partial charge in [0, 0.05) is 17.5 Å². The molecule has 184 valence electrons. The fourth-order valence-electron chi connectivity index (χ4n) is 4.24. The Morgan fingerprint density at radius 1 is 1.24 bits per heavy atom. The maximum atomic E-state index is 13.3. The van der Waals surface area contributed by atoms with Gasteiger partial charge < -0.3 is 9.47 Å². The number of allylic oxidation sites excluding steroid dienone is 1. The van der Waals surface area contributed by atoms with E-state index in [1.165, 1.54) is 23.5 Å². The molecule has 2 heterocycles. The quantitative estimate of drug-likeness (QED) is 0.513. The molecule has 4 rings (SSSR count). The number of carbonyl (C=O) groups is 1. The molecule has 34 heavy (non-hydrogen) atoms. The predicted molar refractivity (Wildman–Crippen MR) is 132 cm³/mol. The Morgan fingerprint density at radius 2 is 1.94 bits per heavy atom. The second kappa shape index (κ2) is 10.2. The Kier molecular flexibility index (Phi) is 7.54. The molecule has 0 bridgehead atoms. The first-order valence-corrected chi connectivity index (χ1v) is 13.9. The van der Waals surface area contributed by atoms with Crippen molar-refractivity contribution in [1.29, 1.82) is 0 Å². The minimum atomic E-state index is -3.56. The van der Waals surface area contributed by atoms with Gasteiger partial charge in [0.15, 0.2) is 10.9 Å². The molecule has 1 aliphatic heterocycles. The zero-order valence-corrected chi connectivity index (χ0v) is 21.3. The zero-order chi connectivity index (χ0) is 24.3. The Hall–Kier alpha value is -2.11. The number of thiazole rings is 1. The van der Waals surface area contributed by atoms with Gasteiger partial charge in [-0.05, 0) is 50.3 Å². The van der Waals surface area contributed by atoms with E-state index in [1.807, 2.05) is 25.3 Å². The normalized spacial score (nSPS) is 21.1. The molecule has 1 aromatic carbocycles. The number of sulfonamides is 1. The second-order valence-electron chi connectivity index (χ2n) is 9.00. The van der Waals surface area contributed by atoms with Crippen molar-refractivity contribution in [1.82, 2.24) is 9.71 Å². The fraction of sp³-hybridized carbons (Fsp3) is 0.500. The van der Waals surface area contributed by atoms with Crippen molar-refractivity contribution in [3.8, 4) is 0 Å². The van der Waals surface area contributed by atoms with E-state index in [4.69, 9.17) is 9.47 Å². The van der Waals surface area contributed by atoms with Gasteiger partial charge in [0.05, 0.1) is 17.2 Å². The average molecular weight is 506 g/mol. The Balaban J connectivity index is 1.54. The molecule has 1 aromatic heterocycles. The monoisotopic (exact) mass is 505 g/mol. The SMILES string of the molecule is CCNS(=O)(=O)c1ccc(C(=CC2CCCC2)C(=O)Nc2nc(C3COC(C)(C)O3)cs2)cc1. The lowest BCUT2D eigenvalue weighted by molar-refractivity contribution is -0.139. The molecule has 2 fully saturated rings. The number of ether oxygens (including phenoxy) is 2. The number of hydrogen-bond donors (Lipinski definition) is 2. The summed E-state index contributed by atoms with van der Waals surface area (Å²) in [5.41, 5.74) is 1.92. The number of anilines is 1. The van der Waals surface area contributed by atoms with Crippen LogP contribution in [-0.2, 0) is 24.3 Å². The van der Waals surface area contributed by atoms with Crippen LogP contribution in [0.15, 0.2) is 40.6 Å². The molecular weight excluding hydrogens is 474 g/mol. The van der Waals surface area contributed by atoms with E-state index >= 15 is 0 Å². The van der Waals surface area contributed by atoms with Gasteiger partial charge in [-0.25, -0.2) is 18.1 Å². The third kappa shape index (κ3) is 5.92. The second-order valence-corrected chi connectivity index (χ2v) is 11.6. The zero-order valence-electron chi connectivity index (χ0n) is 19.7. The van der Waals surface area contributed by atoms with Crippen molar-refractivity contribution in [2.45, 2.75) is 63.2 Å². The van der Waals surface area contributed by atoms with Crippen molar-refractivity contribution in [3.05, 3.63) is 47.0 Å². The molecule has 1 amide bonds. The summed E-state index contributed by atoms with van der Waals surface area (Å²) in [5, 5.41) is 5.27. The maximum absolute atomic E-state index is 13.3. The number of aromatic nitrogens is 1. The predicted octanol–water partition coefficient (Wildman–Crippen LogP) is 4.48. The van der Waals surface area contributed by atoms with Crippen molar-refractivity contribution in [2.75, 3.05) is 18.5 Å². The minimum absolute atomic E-state index is 0.171. The first-order chi connectivity index (χ1) is 16.2. The van der Waals surface area contributed by atoms with Gasteiger partial charge in [-0.2, -0.15) is 0 Å². The van der Waals surface area contributed by atoms with Crippen LogP contribution in [0.1, 0.15) is 63.8 Å². The summed E-state index contributed by atoms with van der Waals surface area (Å²) >= 11 is 1.34. The standard InChI is InChI=1S/C24H31N3O5S2/c1-4-25-34(29,30)18-11-9-17(10-12-18)19(13-16-7-5-6-8-16)22(28)27-23-26-20(15-33-23)21-14-31-24(2,3)32-21/h9-13,15-16,21,25H,4-8,14H2,1-3H3,(H,26,27,28). The molecule has 10 heteroatoms. The molecule has 1 saturated heterocycles. The van der Waals surface area contributed by atoms with Crippen LogP contribution >= 0.6 is 11.3 Å². The van der Waals surface area contributed by atoms with Crippen molar-refractivity contribution in [2.24, 2.45) is 5.92 Å². The van der Waals surface area contributed by atoms with E-state index in [0.717, 1.165) is 31.4 Å². The van der Waals surface area contributed by atoms with Crippen LogP contribution in [0.3, 0.4) is 0 Å². The van der Waals surface area contributed by atoms with Gasteiger partial charge in [0.1, 0.15) is 6.10 Å². The van der Waals surface area contributed by atoms with Crippen molar-refractivity contribution >= 4 is 38.0 Å². The number of rotatable bonds is 8. The summed E-state index contributed by atoms with van der Waals surface area (Å²) in [7, 11) is -3.56. The summed E-state index contributed by atoms with van der Waals surface area (Å²) < 4.78 is 38.5. The largest absolute Gasteiger partial charge is 0.347 e. The highest BCUT2D eigenvalue weighted by Gasteiger charge is 2.35. The van der Waals surface area contributed by atoms with Crippen molar-refractivity contribution in [3.63, 3.8) is 0 Å². The molecule has 1 saturated carbocycles. The smallest absolute Gasteiger partial charge is 0.257 e. The van der Waals surface area contributed by atoms with E-state index in [0.29, 0.717) is 35.3 Å². The van der Waals surface area contributed by atoms with E-state index in [1.54, 1.807) is 19.1 Å². The average Bonchev–Trinajstić information content (AvgIpc) is 3.53. The Bertz CT molecular complexity index is 1150. The number of nitrogens with one attached hydrogen (secondary N) is 2. The molecule has 2 N–H and O–H groups in total.